The van der Waals surface area contributed by atoms with Gasteiger partial charge < -0.3 is 0 Å². The number of aromatic nitrogens is 2. The molecule has 0 saturated heterocycles. The van der Waals surface area contributed by atoms with Crippen molar-refractivity contribution in [3.8, 4) is 0 Å². The predicted molar refractivity (Wildman–Crippen MR) is 77.4 cm³/mol. The second kappa shape index (κ2) is 6.78. The van der Waals surface area contributed by atoms with Crippen LogP contribution in [0.1, 0.15) is 36.8 Å². The second-order valence-electron chi connectivity index (χ2n) is 4.86. The molecule has 0 aliphatic rings. The lowest BCUT2D eigenvalue weighted by Gasteiger charge is -2.17. The summed E-state index contributed by atoms with van der Waals surface area (Å²) in [7, 11) is 0. The number of hydrogen-bond acceptors (Lipinski definition) is 3. The lowest BCUT2D eigenvalue weighted by atomic mass is 10.0. The van der Waals surface area contributed by atoms with Crippen LogP contribution in [0, 0.1) is 11.6 Å². The minimum Gasteiger partial charge on any atom is -0.271 e. The third kappa shape index (κ3) is 3.28. The zero-order valence-corrected chi connectivity index (χ0v) is 12.2. The van der Waals surface area contributed by atoms with Crippen molar-refractivity contribution in [2.45, 2.75) is 39.3 Å². The number of nitrogens with one attached hydrogen (secondary N) is 1. The van der Waals surface area contributed by atoms with Gasteiger partial charge in [-0.3, -0.25) is 16.0 Å². The van der Waals surface area contributed by atoms with Crippen LogP contribution in [-0.2, 0) is 19.4 Å². The first-order valence-electron chi connectivity index (χ1n) is 7.06. The van der Waals surface area contributed by atoms with Gasteiger partial charge in [0.15, 0.2) is 11.6 Å². The maximum Gasteiger partial charge on any atom is 0.163 e. The smallest absolute Gasteiger partial charge is 0.163 e. The Hall–Kier alpha value is -1.79. The van der Waals surface area contributed by atoms with E-state index in [1.165, 1.54) is 12.1 Å². The van der Waals surface area contributed by atoms with E-state index in [0.717, 1.165) is 30.4 Å². The molecule has 0 radical (unpaired) electrons. The van der Waals surface area contributed by atoms with Gasteiger partial charge in [0.2, 0.25) is 0 Å². The number of halogens is 2. The minimum atomic E-state index is -0.869. The van der Waals surface area contributed by atoms with E-state index in [-0.39, 0.29) is 5.56 Å². The van der Waals surface area contributed by atoms with Gasteiger partial charge in [-0.15, -0.1) is 0 Å². The van der Waals surface area contributed by atoms with E-state index in [2.05, 4.69) is 10.5 Å². The number of hydrogen-bond donors (Lipinski definition) is 2. The van der Waals surface area contributed by atoms with Crippen molar-refractivity contribution in [3.63, 3.8) is 0 Å². The summed E-state index contributed by atoms with van der Waals surface area (Å²) in [6.07, 6.45) is 1.27. The lowest BCUT2D eigenvalue weighted by Crippen LogP contribution is -2.31. The molecular weight excluding hydrogens is 274 g/mol. The van der Waals surface area contributed by atoms with Crippen LogP contribution in [0.3, 0.4) is 0 Å². The van der Waals surface area contributed by atoms with Crippen molar-refractivity contribution in [1.29, 1.82) is 0 Å². The summed E-state index contributed by atoms with van der Waals surface area (Å²) < 4.78 is 29.1. The molecule has 0 amide bonds. The summed E-state index contributed by atoms with van der Waals surface area (Å²) in [4.78, 5) is 0. The molecule has 21 heavy (non-hydrogen) atoms. The number of nitrogens with two attached hydrogens (primary N) is 1. The number of benzene rings is 1. The van der Waals surface area contributed by atoms with Crippen LogP contribution < -0.4 is 11.3 Å². The number of nitrogens with zero attached hydrogens (tertiary/aromatic N) is 2. The van der Waals surface area contributed by atoms with Crippen molar-refractivity contribution in [2.75, 3.05) is 0 Å². The van der Waals surface area contributed by atoms with Crippen molar-refractivity contribution >= 4 is 0 Å². The lowest BCUT2D eigenvalue weighted by molar-refractivity contribution is 0.456. The van der Waals surface area contributed by atoms with Gasteiger partial charge in [0.25, 0.3) is 0 Å². The van der Waals surface area contributed by atoms with Crippen molar-refractivity contribution in [2.24, 2.45) is 5.84 Å². The highest BCUT2D eigenvalue weighted by molar-refractivity contribution is 5.24. The molecule has 4 nitrogen and oxygen atoms in total. The Kier molecular flexibility index (Phi) is 5.03. The molecule has 2 aromatic rings. The fourth-order valence-corrected chi connectivity index (χ4v) is 2.38. The summed E-state index contributed by atoms with van der Waals surface area (Å²) in [5.41, 5.74) is 4.71. The fourth-order valence-electron chi connectivity index (χ4n) is 2.38. The predicted octanol–water partition coefficient (Wildman–Crippen LogP) is 2.49. The highest BCUT2D eigenvalue weighted by atomic mass is 19.2. The van der Waals surface area contributed by atoms with Crippen LogP contribution in [0.5, 0.6) is 0 Å². The van der Waals surface area contributed by atoms with E-state index in [4.69, 9.17) is 5.84 Å². The Morgan fingerprint density at radius 1 is 1.33 bits per heavy atom. The SMILES string of the molecule is CCc1cc(CC(NN)c2cccc(F)c2F)n(CC)n1. The molecule has 0 aliphatic heterocycles. The van der Waals surface area contributed by atoms with Gasteiger partial charge in [-0.2, -0.15) is 5.10 Å². The third-order valence-corrected chi connectivity index (χ3v) is 3.55. The molecule has 1 aromatic carbocycles. The highest BCUT2D eigenvalue weighted by Gasteiger charge is 2.19. The molecule has 0 bridgehead atoms. The average molecular weight is 294 g/mol. The summed E-state index contributed by atoms with van der Waals surface area (Å²) in [6, 6.07) is 5.58. The topological polar surface area (TPSA) is 55.9 Å². The normalized spacial score (nSPS) is 12.6. The Morgan fingerprint density at radius 2 is 2.10 bits per heavy atom. The van der Waals surface area contributed by atoms with E-state index < -0.39 is 17.7 Å². The zero-order chi connectivity index (χ0) is 15.4. The Balaban J connectivity index is 2.31. The van der Waals surface area contributed by atoms with Crippen LogP contribution >= 0.6 is 0 Å². The molecule has 1 atom stereocenters. The van der Waals surface area contributed by atoms with E-state index in [0.29, 0.717) is 6.42 Å². The van der Waals surface area contributed by atoms with E-state index in [1.54, 1.807) is 0 Å². The Labute approximate surface area is 122 Å². The molecule has 114 valence electrons. The number of aryl methyl sites for hydroxylation is 2. The molecule has 2 rings (SSSR count). The third-order valence-electron chi connectivity index (χ3n) is 3.55. The van der Waals surface area contributed by atoms with Gasteiger partial charge in [0, 0.05) is 24.2 Å². The highest BCUT2D eigenvalue weighted by Crippen LogP contribution is 2.23. The average Bonchev–Trinajstić information content (AvgIpc) is 2.90. The molecule has 3 N–H and O–H groups in total. The van der Waals surface area contributed by atoms with Gasteiger partial charge in [0.1, 0.15) is 0 Å². The van der Waals surface area contributed by atoms with Crippen LogP contribution in [0.4, 0.5) is 8.78 Å². The summed E-state index contributed by atoms with van der Waals surface area (Å²) in [5.74, 6) is 3.80. The summed E-state index contributed by atoms with van der Waals surface area (Å²) in [5, 5.41) is 4.45. The van der Waals surface area contributed by atoms with Gasteiger partial charge in [-0.05, 0) is 25.5 Å². The summed E-state index contributed by atoms with van der Waals surface area (Å²) in [6.45, 7) is 4.73. The van der Waals surface area contributed by atoms with E-state index in [9.17, 15) is 8.78 Å². The van der Waals surface area contributed by atoms with Crippen molar-refractivity contribution in [1.82, 2.24) is 15.2 Å². The monoisotopic (exact) mass is 294 g/mol. The molecule has 1 unspecified atom stereocenters. The van der Waals surface area contributed by atoms with Gasteiger partial charge in [0.05, 0.1) is 11.7 Å². The largest absolute Gasteiger partial charge is 0.271 e. The van der Waals surface area contributed by atoms with Crippen molar-refractivity contribution in [3.05, 3.63) is 52.9 Å². The van der Waals surface area contributed by atoms with Crippen LogP contribution in [-0.4, -0.2) is 9.78 Å². The molecule has 6 heteroatoms. The second-order valence-corrected chi connectivity index (χ2v) is 4.86. The maximum absolute atomic E-state index is 13.9. The Morgan fingerprint density at radius 3 is 2.71 bits per heavy atom. The molecule has 1 heterocycles. The number of hydrazine groups is 1. The Bertz CT molecular complexity index is 610. The van der Waals surface area contributed by atoms with E-state index in [1.807, 2.05) is 24.6 Å². The number of rotatable bonds is 6. The first-order valence-corrected chi connectivity index (χ1v) is 7.06. The van der Waals surface area contributed by atoms with Crippen LogP contribution in [0.15, 0.2) is 24.3 Å². The maximum atomic E-state index is 13.9. The molecule has 0 aliphatic carbocycles. The van der Waals surface area contributed by atoms with Gasteiger partial charge in [-0.1, -0.05) is 19.1 Å². The molecule has 0 saturated carbocycles. The fraction of sp³-hybridized carbons (Fsp3) is 0.400. The molecule has 0 fully saturated rings. The van der Waals surface area contributed by atoms with Crippen LogP contribution in [0.2, 0.25) is 0 Å². The standard InChI is InChI=1S/C15H20F2N4/c1-3-10-8-11(21(4-2)20-10)9-14(19-18)12-6-5-7-13(16)15(12)17/h5-8,14,19H,3-4,9,18H2,1-2H3. The summed E-state index contributed by atoms with van der Waals surface area (Å²) >= 11 is 0. The molecule has 1 aromatic heterocycles. The minimum absolute atomic E-state index is 0.222. The molecule has 0 spiro atoms. The van der Waals surface area contributed by atoms with Gasteiger partial charge >= 0.3 is 0 Å². The molecular formula is C15H20F2N4. The van der Waals surface area contributed by atoms with Gasteiger partial charge in [-0.25, -0.2) is 8.78 Å². The zero-order valence-electron chi connectivity index (χ0n) is 12.2. The first kappa shape index (κ1) is 15.6. The van der Waals surface area contributed by atoms with Crippen molar-refractivity contribution < 1.29 is 8.78 Å². The first-order chi connectivity index (χ1) is 10.1. The van der Waals surface area contributed by atoms with E-state index >= 15 is 0 Å². The van der Waals surface area contributed by atoms with Crippen LogP contribution in [0.25, 0.3) is 0 Å². The quantitative estimate of drug-likeness (QED) is 0.636.